The Bertz CT molecular complexity index is 391. The summed E-state index contributed by atoms with van der Waals surface area (Å²) in [4.78, 5) is 0. The first-order chi connectivity index (χ1) is 8.96. The van der Waals surface area contributed by atoms with Crippen molar-refractivity contribution in [2.45, 2.75) is 43.6 Å². The van der Waals surface area contributed by atoms with Gasteiger partial charge in [-0.15, -0.1) is 0 Å². The molecule has 1 fully saturated rings. The fraction of sp³-hybridized carbons (Fsp3) is 0.571. The van der Waals surface area contributed by atoms with Crippen molar-refractivity contribution in [3.05, 3.63) is 35.9 Å². The van der Waals surface area contributed by atoms with Crippen LogP contribution in [0.2, 0.25) is 0 Å². The van der Waals surface area contributed by atoms with Crippen LogP contribution in [0.4, 0.5) is 13.2 Å². The predicted octanol–water partition coefficient (Wildman–Crippen LogP) is 3.26. The highest BCUT2D eigenvalue weighted by molar-refractivity contribution is 5.20. The smallest absolute Gasteiger partial charge is 0.390 e. The van der Waals surface area contributed by atoms with Crippen molar-refractivity contribution in [1.82, 2.24) is 0 Å². The standard InChI is InChI=1S/C14H17F3O2/c15-14(16,17)9-19-13-8-11(6-7-12(13)18)10-4-2-1-3-5-10/h1-5,11-13,18H,6-9H2. The number of rotatable bonds is 3. The Balaban J connectivity index is 1.96. The van der Waals surface area contributed by atoms with Crippen molar-refractivity contribution >= 4 is 0 Å². The summed E-state index contributed by atoms with van der Waals surface area (Å²) in [5, 5.41) is 9.74. The van der Waals surface area contributed by atoms with Crippen molar-refractivity contribution in [3.63, 3.8) is 0 Å². The van der Waals surface area contributed by atoms with E-state index in [1.54, 1.807) is 0 Å². The largest absolute Gasteiger partial charge is 0.411 e. The maximum absolute atomic E-state index is 12.2. The first-order valence-electron chi connectivity index (χ1n) is 6.37. The second-order valence-electron chi connectivity index (χ2n) is 4.95. The number of alkyl halides is 3. The van der Waals surface area contributed by atoms with Gasteiger partial charge in [-0.1, -0.05) is 30.3 Å². The third-order valence-electron chi connectivity index (χ3n) is 3.49. The zero-order valence-corrected chi connectivity index (χ0v) is 10.4. The highest BCUT2D eigenvalue weighted by atomic mass is 19.4. The lowest BCUT2D eigenvalue weighted by molar-refractivity contribution is -0.199. The lowest BCUT2D eigenvalue weighted by Crippen LogP contribution is -2.37. The summed E-state index contributed by atoms with van der Waals surface area (Å²) in [6.07, 6.45) is -4.21. The van der Waals surface area contributed by atoms with Gasteiger partial charge in [0.05, 0.1) is 12.2 Å². The Morgan fingerprint density at radius 1 is 1.16 bits per heavy atom. The SMILES string of the molecule is OC1CCC(c2ccccc2)CC1OCC(F)(F)F. The molecule has 0 aromatic heterocycles. The van der Waals surface area contributed by atoms with E-state index in [1.807, 2.05) is 30.3 Å². The third kappa shape index (κ3) is 4.21. The van der Waals surface area contributed by atoms with Crippen LogP contribution in [0.15, 0.2) is 30.3 Å². The minimum Gasteiger partial charge on any atom is -0.390 e. The Morgan fingerprint density at radius 2 is 1.84 bits per heavy atom. The molecule has 0 aliphatic heterocycles. The van der Waals surface area contributed by atoms with Crippen molar-refractivity contribution in [2.75, 3.05) is 6.61 Å². The molecule has 19 heavy (non-hydrogen) atoms. The van der Waals surface area contributed by atoms with Crippen LogP contribution in [0.5, 0.6) is 0 Å². The number of hydrogen-bond acceptors (Lipinski definition) is 2. The van der Waals surface area contributed by atoms with Crippen molar-refractivity contribution < 1.29 is 23.0 Å². The summed E-state index contributed by atoms with van der Waals surface area (Å²) in [6.45, 7) is -1.30. The molecule has 5 heteroatoms. The van der Waals surface area contributed by atoms with Gasteiger partial charge in [-0.25, -0.2) is 0 Å². The number of halogens is 3. The number of aliphatic hydroxyl groups excluding tert-OH is 1. The zero-order valence-electron chi connectivity index (χ0n) is 10.4. The molecule has 1 aliphatic rings. The molecule has 0 spiro atoms. The van der Waals surface area contributed by atoms with Gasteiger partial charge in [-0.05, 0) is 30.7 Å². The average molecular weight is 274 g/mol. The molecule has 106 valence electrons. The van der Waals surface area contributed by atoms with Gasteiger partial charge in [0.15, 0.2) is 0 Å². The van der Waals surface area contributed by atoms with Crippen LogP contribution >= 0.6 is 0 Å². The lowest BCUT2D eigenvalue weighted by Gasteiger charge is -2.33. The molecule has 1 aromatic carbocycles. The van der Waals surface area contributed by atoms with Crippen LogP contribution in [0, 0.1) is 0 Å². The fourth-order valence-corrected chi connectivity index (χ4v) is 2.52. The van der Waals surface area contributed by atoms with Crippen LogP contribution in [-0.4, -0.2) is 30.1 Å². The Morgan fingerprint density at radius 3 is 2.47 bits per heavy atom. The van der Waals surface area contributed by atoms with Crippen molar-refractivity contribution in [3.8, 4) is 0 Å². The summed E-state index contributed by atoms with van der Waals surface area (Å²) in [5.41, 5.74) is 1.09. The first kappa shape index (κ1) is 14.3. The maximum atomic E-state index is 12.2. The minimum absolute atomic E-state index is 0.155. The summed E-state index contributed by atoms with van der Waals surface area (Å²) in [7, 11) is 0. The van der Waals surface area contributed by atoms with E-state index < -0.39 is 25.0 Å². The van der Waals surface area contributed by atoms with E-state index in [4.69, 9.17) is 4.74 Å². The predicted molar refractivity (Wildman–Crippen MR) is 64.8 cm³/mol. The van der Waals surface area contributed by atoms with Crippen molar-refractivity contribution in [1.29, 1.82) is 0 Å². The molecular formula is C14H17F3O2. The molecule has 1 N–H and O–H groups in total. The van der Waals surface area contributed by atoms with E-state index in [1.165, 1.54) is 0 Å². The van der Waals surface area contributed by atoms with Gasteiger partial charge in [-0.2, -0.15) is 13.2 Å². The van der Waals surface area contributed by atoms with Crippen LogP contribution < -0.4 is 0 Å². The molecule has 1 saturated carbocycles. The lowest BCUT2D eigenvalue weighted by atomic mass is 9.81. The molecule has 0 heterocycles. The van der Waals surface area contributed by atoms with Gasteiger partial charge < -0.3 is 9.84 Å². The summed E-state index contributed by atoms with van der Waals surface area (Å²) >= 11 is 0. The van der Waals surface area contributed by atoms with Gasteiger partial charge in [0, 0.05) is 0 Å². The summed E-state index contributed by atoms with van der Waals surface area (Å²) in [5.74, 6) is 0.155. The molecular weight excluding hydrogens is 257 g/mol. The second kappa shape index (κ2) is 5.92. The van der Waals surface area contributed by atoms with E-state index >= 15 is 0 Å². The van der Waals surface area contributed by atoms with Crippen LogP contribution in [-0.2, 0) is 4.74 Å². The van der Waals surface area contributed by atoms with E-state index in [-0.39, 0.29) is 5.92 Å². The minimum atomic E-state index is -4.35. The van der Waals surface area contributed by atoms with E-state index in [9.17, 15) is 18.3 Å². The quantitative estimate of drug-likeness (QED) is 0.916. The van der Waals surface area contributed by atoms with E-state index in [0.29, 0.717) is 12.8 Å². The first-order valence-corrected chi connectivity index (χ1v) is 6.37. The Kier molecular flexibility index (Phi) is 4.47. The fourth-order valence-electron chi connectivity index (χ4n) is 2.52. The number of hydrogen-bond donors (Lipinski definition) is 1. The molecule has 2 rings (SSSR count). The average Bonchev–Trinajstić information content (AvgIpc) is 2.38. The van der Waals surface area contributed by atoms with Gasteiger partial charge in [-0.3, -0.25) is 0 Å². The van der Waals surface area contributed by atoms with Gasteiger partial charge in [0.25, 0.3) is 0 Å². The number of ether oxygens (including phenoxy) is 1. The highest BCUT2D eigenvalue weighted by Crippen LogP contribution is 2.35. The van der Waals surface area contributed by atoms with Gasteiger partial charge in [0.2, 0.25) is 0 Å². The van der Waals surface area contributed by atoms with Gasteiger partial charge in [0.1, 0.15) is 6.61 Å². The topological polar surface area (TPSA) is 29.5 Å². The molecule has 0 bridgehead atoms. The van der Waals surface area contributed by atoms with E-state index in [2.05, 4.69) is 0 Å². The van der Waals surface area contributed by atoms with E-state index in [0.717, 1.165) is 12.0 Å². The molecule has 3 unspecified atom stereocenters. The third-order valence-corrected chi connectivity index (χ3v) is 3.49. The van der Waals surface area contributed by atoms with Crippen LogP contribution in [0.25, 0.3) is 0 Å². The Hall–Kier alpha value is -1.07. The molecule has 1 aromatic rings. The van der Waals surface area contributed by atoms with Crippen LogP contribution in [0.3, 0.4) is 0 Å². The molecule has 1 aliphatic carbocycles. The summed E-state index contributed by atoms with van der Waals surface area (Å²) < 4.78 is 41.3. The van der Waals surface area contributed by atoms with Gasteiger partial charge >= 0.3 is 6.18 Å². The van der Waals surface area contributed by atoms with Crippen molar-refractivity contribution in [2.24, 2.45) is 0 Å². The number of benzene rings is 1. The molecule has 0 amide bonds. The molecule has 3 atom stereocenters. The molecule has 0 saturated heterocycles. The highest BCUT2D eigenvalue weighted by Gasteiger charge is 2.35. The Labute approximate surface area is 110 Å². The number of aliphatic hydroxyl groups is 1. The summed E-state index contributed by atoms with van der Waals surface area (Å²) in [6, 6.07) is 9.64. The normalized spacial score (nSPS) is 28.3. The van der Waals surface area contributed by atoms with Crippen LogP contribution in [0.1, 0.15) is 30.7 Å². The molecule has 0 radical (unpaired) electrons. The maximum Gasteiger partial charge on any atom is 0.411 e. The molecule has 2 nitrogen and oxygen atoms in total. The monoisotopic (exact) mass is 274 g/mol. The zero-order chi connectivity index (χ0) is 13.9. The second-order valence-corrected chi connectivity index (χ2v) is 4.95.